The minimum absolute atomic E-state index is 0.0137. The van der Waals surface area contributed by atoms with E-state index in [0.29, 0.717) is 6.42 Å². The highest BCUT2D eigenvalue weighted by molar-refractivity contribution is 7.93. The molecule has 2 rings (SSSR count). The fraction of sp³-hybridized carbons (Fsp3) is 0.364. The second-order valence-corrected chi connectivity index (χ2v) is 6.27. The number of rotatable bonds is 2. The van der Waals surface area contributed by atoms with E-state index in [1.807, 2.05) is 6.07 Å². The molecular formula is C11H10FNO2S. The van der Waals surface area contributed by atoms with Crippen LogP contribution in [-0.2, 0) is 9.84 Å². The Hall–Kier alpha value is -1.41. The highest BCUT2D eigenvalue weighted by Crippen LogP contribution is 2.51. The topological polar surface area (TPSA) is 57.9 Å². The summed E-state index contributed by atoms with van der Waals surface area (Å²) in [6, 6.07) is 6.46. The van der Waals surface area contributed by atoms with Crippen molar-refractivity contribution in [3.63, 3.8) is 0 Å². The monoisotopic (exact) mass is 239 g/mol. The lowest BCUT2D eigenvalue weighted by Gasteiger charge is -2.09. The molecule has 1 aromatic carbocycles. The van der Waals surface area contributed by atoms with Gasteiger partial charge in [-0.1, -0.05) is 6.92 Å². The van der Waals surface area contributed by atoms with E-state index < -0.39 is 20.4 Å². The highest BCUT2D eigenvalue weighted by atomic mass is 32.2. The molecule has 0 saturated heterocycles. The molecule has 16 heavy (non-hydrogen) atoms. The number of nitrogens with zero attached hydrogens (tertiary/aromatic N) is 1. The van der Waals surface area contributed by atoms with Gasteiger partial charge in [-0.3, -0.25) is 0 Å². The van der Waals surface area contributed by atoms with Crippen molar-refractivity contribution in [1.82, 2.24) is 0 Å². The van der Waals surface area contributed by atoms with Crippen molar-refractivity contribution in [2.45, 2.75) is 23.0 Å². The molecule has 1 fully saturated rings. The van der Waals surface area contributed by atoms with Gasteiger partial charge in [0.15, 0.2) is 14.6 Å². The van der Waals surface area contributed by atoms with Crippen LogP contribution in [0.5, 0.6) is 0 Å². The Bertz CT molecular complexity index is 559. The van der Waals surface area contributed by atoms with Gasteiger partial charge in [-0.15, -0.1) is 0 Å². The smallest absolute Gasteiger partial charge is 0.197 e. The minimum atomic E-state index is -3.67. The first-order valence-corrected chi connectivity index (χ1v) is 6.34. The number of halogens is 1. The molecule has 0 radical (unpaired) electrons. The van der Waals surface area contributed by atoms with E-state index in [1.165, 1.54) is 12.1 Å². The predicted octanol–water partition coefficient (Wildman–Crippen LogP) is 1.90. The maximum atomic E-state index is 12.7. The van der Waals surface area contributed by atoms with Crippen LogP contribution in [0, 0.1) is 23.1 Å². The zero-order valence-electron chi connectivity index (χ0n) is 8.64. The summed E-state index contributed by atoms with van der Waals surface area (Å²) in [7, 11) is -3.67. The summed E-state index contributed by atoms with van der Waals surface area (Å²) in [4.78, 5) is 0.0137. The summed E-state index contributed by atoms with van der Waals surface area (Å²) in [5.41, 5.74) is 0. The van der Waals surface area contributed by atoms with Crippen molar-refractivity contribution in [3.05, 3.63) is 30.1 Å². The van der Waals surface area contributed by atoms with E-state index in [9.17, 15) is 12.8 Å². The van der Waals surface area contributed by atoms with Crippen molar-refractivity contribution in [1.29, 1.82) is 5.26 Å². The third-order valence-electron chi connectivity index (χ3n) is 3.04. The van der Waals surface area contributed by atoms with Crippen LogP contribution in [0.1, 0.15) is 13.3 Å². The Morgan fingerprint density at radius 2 is 1.94 bits per heavy atom. The lowest BCUT2D eigenvalue weighted by atomic mass is 10.3. The molecule has 0 amide bonds. The maximum absolute atomic E-state index is 12.7. The van der Waals surface area contributed by atoms with Crippen molar-refractivity contribution in [2.75, 3.05) is 0 Å². The Labute approximate surface area is 93.4 Å². The zero-order valence-corrected chi connectivity index (χ0v) is 9.46. The summed E-state index contributed by atoms with van der Waals surface area (Å²) in [5.74, 6) is -0.652. The van der Waals surface area contributed by atoms with Crippen molar-refractivity contribution in [3.8, 4) is 6.07 Å². The van der Waals surface area contributed by atoms with Gasteiger partial charge in [0.25, 0.3) is 0 Å². The average molecular weight is 239 g/mol. The van der Waals surface area contributed by atoms with Gasteiger partial charge in [0.2, 0.25) is 0 Å². The molecule has 1 aromatic rings. The van der Waals surface area contributed by atoms with Crippen LogP contribution in [-0.4, -0.2) is 13.2 Å². The Morgan fingerprint density at radius 1 is 1.44 bits per heavy atom. The lowest BCUT2D eigenvalue weighted by Crippen LogP contribution is -2.23. The SMILES string of the molecule is CC1CC1(C#N)S(=O)(=O)c1ccc(F)cc1. The number of hydrogen-bond acceptors (Lipinski definition) is 3. The second kappa shape index (κ2) is 3.29. The number of sulfone groups is 1. The second-order valence-electron chi connectivity index (χ2n) is 4.06. The molecule has 1 aliphatic carbocycles. The third-order valence-corrected chi connectivity index (χ3v) is 5.55. The van der Waals surface area contributed by atoms with E-state index in [-0.39, 0.29) is 10.8 Å². The van der Waals surface area contributed by atoms with Crippen molar-refractivity contribution < 1.29 is 12.8 Å². The fourth-order valence-corrected chi connectivity index (χ4v) is 3.84. The molecule has 0 aromatic heterocycles. The largest absolute Gasteiger partial charge is 0.222 e. The van der Waals surface area contributed by atoms with Gasteiger partial charge in [0.05, 0.1) is 11.0 Å². The maximum Gasteiger partial charge on any atom is 0.197 e. The minimum Gasteiger partial charge on any atom is -0.222 e. The summed E-state index contributed by atoms with van der Waals surface area (Å²) in [5, 5.41) is 8.98. The highest BCUT2D eigenvalue weighted by Gasteiger charge is 2.62. The zero-order chi connectivity index (χ0) is 12.0. The van der Waals surface area contributed by atoms with Crippen molar-refractivity contribution >= 4 is 9.84 Å². The first kappa shape index (κ1) is 11.1. The molecule has 2 atom stereocenters. The average Bonchev–Trinajstić information content (AvgIpc) is 2.92. The van der Waals surface area contributed by atoms with Crippen molar-refractivity contribution in [2.24, 2.45) is 5.92 Å². The lowest BCUT2D eigenvalue weighted by molar-refractivity contribution is 0.583. The van der Waals surface area contributed by atoms with Crippen LogP contribution >= 0.6 is 0 Å². The molecule has 84 valence electrons. The van der Waals surface area contributed by atoms with E-state index in [0.717, 1.165) is 12.1 Å². The van der Waals surface area contributed by atoms with Crippen LogP contribution in [0.25, 0.3) is 0 Å². The first-order valence-electron chi connectivity index (χ1n) is 4.85. The molecular weight excluding hydrogens is 229 g/mol. The van der Waals surface area contributed by atoms with Crippen LogP contribution in [0.15, 0.2) is 29.2 Å². The van der Waals surface area contributed by atoms with Crippen LogP contribution in [0.2, 0.25) is 0 Å². The molecule has 1 aliphatic rings. The molecule has 0 heterocycles. The summed E-state index contributed by atoms with van der Waals surface area (Å²) < 4.78 is 35.6. The molecule has 3 nitrogen and oxygen atoms in total. The Balaban J connectivity index is 2.49. The Morgan fingerprint density at radius 3 is 2.31 bits per heavy atom. The molecule has 0 spiro atoms. The summed E-state index contributed by atoms with van der Waals surface area (Å²) in [6.07, 6.45) is 0.350. The molecule has 0 bridgehead atoms. The number of hydrogen-bond donors (Lipinski definition) is 0. The van der Waals surface area contributed by atoms with Crippen LogP contribution in [0.4, 0.5) is 4.39 Å². The van der Waals surface area contributed by atoms with Gasteiger partial charge < -0.3 is 0 Å². The fourth-order valence-electron chi connectivity index (χ4n) is 1.81. The van der Waals surface area contributed by atoms with E-state index in [1.54, 1.807) is 6.92 Å². The van der Waals surface area contributed by atoms with Gasteiger partial charge in [-0.2, -0.15) is 5.26 Å². The Kier molecular flexibility index (Phi) is 2.28. The first-order chi connectivity index (χ1) is 7.44. The predicted molar refractivity (Wildman–Crippen MR) is 55.7 cm³/mol. The third kappa shape index (κ3) is 1.34. The standard InChI is InChI=1S/C11H10FNO2S/c1-8-6-11(8,7-13)16(14,15)10-4-2-9(12)3-5-10/h2-5,8H,6H2,1H3. The number of nitriles is 1. The summed E-state index contributed by atoms with van der Waals surface area (Å²) in [6.45, 7) is 1.73. The molecule has 0 N–H and O–H groups in total. The molecule has 5 heteroatoms. The van der Waals surface area contributed by atoms with Gasteiger partial charge in [0.1, 0.15) is 5.82 Å². The molecule has 2 unspecified atom stereocenters. The van der Waals surface area contributed by atoms with Gasteiger partial charge in [-0.25, -0.2) is 12.8 Å². The normalized spacial score (nSPS) is 28.4. The van der Waals surface area contributed by atoms with E-state index >= 15 is 0 Å². The van der Waals surface area contributed by atoms with E-state index in [4.69, 9.17) is 5.26 Å². The van der Waals surface area contributed by atoms with Crippen LogP contribution < -0.4 is 0 Å². The van der Waals surface area contributed by atoms with Gasteiger partial charge in [-0.05, 0) is 36.6 Å². The quantitative estimate of drug-likeness (QED) is 0.740. The molecule has 0 aliphatic heterocycles. The van der Waals surface area contributed by atoms with E-state index in [2.05, 4.69) is 0 Å². The van der Waals surface area contributed by atoms with Gasteiger partial charge >= 0.3 is 0 Å². The molecule has 1 saturated carbocycles. The van der Waals surface area contributed by atoms with Gasteiger partial charge in [0, 0.05) is 0 Å². The number of benzene rings is 1. The summed E-state index contributed by atoms with van der Waals surface area (Å²) >= 11 is 0. The van der Waals surface area contributed by atoms with Crippen LogP contribution in [0.3, 0.4) is 0 Å².